The van der Waals surface area contributed by atoms with Crippen molar-refractivity contribution in [2.75, 3.05) is 32.7 Å². The molecule has 1 amide bonds. The standard InChI is InChI=1S/C36H43FN6O5/c1-24(2)32-29(38-23-43(32)15-7-14-41-16-18-42(19-17-41)35(46)48-36(3,4)5)22-31-34(45)39-30(33(44)40-31)21-25-8-6-9-28(20-25)47-27-12-10-26(37)11-13-27/h6,8-13,20-24H,7,14-19H2,1-5H3,(H,39,45)(H,40,44)/b30-21-,31-22-. The van der Waals surface area contributed by atoms with Crippen molar-refractivity contribution in [3.05, 3.63) is 109 Å². The normalized spacial score (nSPS) is 14.9. The summed E-state index contributed by atoms with van der Waals surface area (Å²) in [6.07, 6.45) is 5.58. The second-order valence-electron chi connectivity index (χ2n) is 13.2. The zero-order valence-electron chi connectivity index (χ0n) is 28.1. The number of rotatable bonds is 9. The van der Waals surface area contributed by atoms with Gasteiger partial charge in [-0.25, -0.2) is 14.2 Å². The number of hydrogen-bond donors (Lipinski definition) is 2. The smallest absolute Gasteiger partial charge is 0.410 e. The van der Waals surface area contributed by atoms with E-state index in [0.29, 0.717) is 35.8 Å². The molecule has 1 fully saturated rings. The molecule has 0 aliphatic carbocycles. The van der Waals surface area contributed by atoms with Gasteiger partial charge in [0, 0.05) is 38.4 Å². The Morgan fingerprint density at radius 3 is 2.25 bits per heavy atom. The van der Waals surface area contributed by atoms with Crippen LogP contribution >= 0.6 is 0 Å². The Kier molecular flexibility index (Phi) is 10.6. The largest absolute Gasteiger partial charge is 0.457 e. The zero-order valence-corrected chi connectivity index (χ0v) is 28.1. The van der Waals surface area contributed by atoms with Crippen molar-refractivity contribution in [1.82, 2.24) is 29.3 Å². The molecule has 11 nitrogen and oxygen atoms in total. The molecule has 1 aliphatic rings. The van der Waals surface area contributed by atoms with E-state index < -0.39 is 16.7 Å². The molecule has 254 valence electrons. The minimum absolute atomic E-state index is 0.0950. The molecule has 0 saturated carbocycles. The summed E-state index contributed by atoms with van der Waals surface area (Å²) < 4.78 is 26.6. The third kappa shape index (κ3) is 9.09. The molecular formula is C36H43FN6O5. The molecule has 1 aliphatic heterocycles. The predicted octanol–water partition coefficient (Wildman–Crippen LogP) is 3.91. The fourth-order valence-corrected chi connectivity index (χ4v) is 5.58. The molecule has 5 rings (SSSR count). The molecule has 0 spiro atoms. The number of carbonyl (C=O) groups excluding carboxylic acids is 1. The van der Waals surface area contributed by atoms with Crippen molar-refractivity contribution in [3.63, 3.8) is 0 Å². The van der Waals surface area contributed by atoms with Crippen LogP contribution in [0.4, 0.5) is 9.18 Å². The van der Waals surface area contributed by atoms with Crippen LogP contribution in [0, 0.1) is 5.82 Å². The summed E-state index contributed by atoms with van der Waals surface area (Å²) in [7, 11) is 0. The van der Waals surface area contributed by atoms with E-state index >= 15 is 0 Å². The summed E-state index contributed by atoms with van der Waals surface area (Å²) in [6.45, 7) is 14.2. The van der Waals surface area contributed by atoms with Gasteiger partial charge in [-0.1, -0.05) is 26.0 Å². The number of carbonyl (C=O) groups is 1. The van der Waals surface area contributed by atoms with E-state index in [0.717, 1.165) is 38.3 Å². The summed E-state index contributed by atoms with van der Waals surface area (Å²) in [4.78, 5) is 52.6. The topological polar surface area (TPSA) is 126 Å². The maximum atomic E-state index is 13.2. The Labute approximate surface area is 278 Å². The first-order chi connectivity index (χ1) is 22.8. The highest BCUT2D eigenvalue weighted by atomic mass is 19.1. The maximum absolute atomic E-state index is 13.2. The fourth-order valence-electron chi connectivity index (χ4n) is 5.58. The second kappa shape index (κ2) is 14.8. The van der Waals surface area contributed by atoms with Crippen LogP contribution in [0.25, 0.3) is 12.2 Å². The molecule has 2 aromatic heterocycles. The molecule has 1 saturated heterocycles. The van der Waals surface area contributed by atoms with Crippen molar-refractivity contribution in [3.8, 4) is 11.5 Å². The SMILES string of the molecule is CC(C)c1c(/C=c2\[nH]c(=O)/c(=C/c3cccc(Oc4ccc(F)cc4)c3)[nH]c2=O)ncn1CCCN1CCN(C(=O)OC(C)(C)C)CC1. The minimum Gasteiger partial charge on any atom is -0.457 e. The Hall–Kier alpha value is -4.97. The van der Waals surface area contributed by atoms with E-state index in [1.54, 1.807) is 47.6 Å². The molecule has 48 heavy (non-hydrogen) atoms. The van der Waals surface area contributed by atoms with Gasteiger partial charge >= 0.3 is 6.09 Å². The number of amides is 1. The van der Waals surface area contributed by atoms with E-state index in [4.69, 9.17) is 9.47 Å². The quantitative estimate of drug-likeness (QED) is 0.279. The maximum Gasteiger partial charge on any atom is 0.410 e. The number of piperazine rings is 1. The number of aromatic nitrogens is 4. The highest BCUT2D eigenvalue weighted by molar-refractivity contribution is 5.68. The van der Waals surface area contributed by atoms with Crippen molar-refractivity contribution < 1.29 is 18.7 Å². The van der Waals surface area contributed by atoms with Crippen LogP contribution < -0.4 is 26.6 Å². The summed E-state index contributed by atoms with van der Waals surface area (Å²) >= 11 is 0. The van der Waals surface area contributed by atoms with Crippen molar-refractivity contribution in [2.24, 2.45) is 0 Å². The zero-order chi connectivity index (χ0) is 34.4. The third-order valence-electron chi connectivity index (χ3n) is 7.84. The molecule has 3 heterocycles. The van der Waals surface area contributed by atoms with Crippen LogP contribution in [0.15, 0.2) is 64.4 Å². The number of nitrogens with zero attached hydrogens (tertiary/aromatic N) is 4. The lowest BCUT2D eigenvalue weighted by molar-refractivity contribution is 0.0144. The molecule has 4 aromatic rings. The number of aromatic amines is 2. The van der Waals surface area contributed by atoms with E-state index in [-0.39, 0.29) is 28.5 Å². The molecular weight excluding hydrogens is 615 g/mol. The molecule has 2 N–H and O–H groups in total. The summed E-state index contributed by atoms with van der Waals surface area (Å²) in [5.41, 5.74) is 0.820. The van der Waals surface area contributed by atoms with Crippen molar-refractivity contribution >= 4 is 18.2 Å². The van der Waals surface area contributed by atoms with Gasteiger partial charge in [-0.15, -0.1) is 0 Å². The fraction of sp³-hybridized carbons (Fsp3) is 0.389. The Morgan fingerprint density at radius 1 is 0.938 bits per heavy atom. The lowest BCUT2D eigenvalue weighted by Gasteiger charge is -2.35. The third-order valence-corrected chi connectivity index (χ3v) is 7.84. The molecule has 0 bridgehead atoms. The number of halogens is 1. The highest BCUT2D eigenvalue weighted by Crippen LogP contribution is 2.23. The molecule has 0 radical (unpaired) electrons. The van der Waals surface area contributed by atoms with Crippen LogP contribution in [0.5, 0.6) is 11.5 Å². The minimum atomic E-state index is -0.508. The van der Waals surface area contributed by atoms with Gasteiger partial charge in [0.2, 0.25) is 0 Å². The monoisotopic (exact) mass is 658 g/mol. The molecule has 2 aromatic carbocycles. The molecule has 12 heteroatoms. The van der Waals surface area contributed by atoms with Gasteiger partial charge in [-0.3, -0.25) is 14.5 Å². The van der Waals surface area contributed by atoms with E-state index in [9.17, 15) is 18.8 Å². The highest BCUT2D eigenvalue weighted by Gasteiger charge is 2.25. The number of benzene rings is 2. The van der Waals surface area contributed by atoms with Crippen molar-refractivity contribution in [2.45, 2.75) is 59.1 Å². The van der Waals surface area contributed by atoms with Crippen LogP contribution in [0.3, 0.4) is 0 Å². The first kappa shape index (κ1) is 34.4. The van der Waals surface area contributed by atoms with Gasteiger partial charge in [0.1, 0.15) is 33.6 Å². The Bertz CT molecular complexity index is 1970. The van der Waals surface area contributed by atoms with E-state index in [1.807, 2.05) is 20.8 Å². The first-order valence-electron chi connectivity index (χ1n) is 16.2. The Balaban J connectivity index is 1.26. The van der Waals surface area contributed by atoms with Gasteiger partial charge in [0.15, 0.2) is 0 Å². The van der Waals surface area contributed by atoms with Gasteiger partial charge in [0.25, 0.3) is 11.1 Å². The van der Waals surface area contributed by atoms with Crippen LogP contribution in [0.2, 0.25) is 0 Å². The lowest BCUT2D eigenvalue weighted by atomic mass is 10.1. The lowest BCUT2D eigenvalue weighted by Crippen LogP contribution is -2.50. The number of H-pyrrole nitrogens is 2. The predicted molar refractivity (Wildman–Crippen MR) is 182 cm³/mol. The average molecular weight is 659 g/mol. The number of ether oxygens (including phenoxy) is 2. The number of nitrogens with one attached hydrogen (secondary N) is 2. The van der Waals surface area contributed by atoms with Gasteiger partial charge in [-0.2, -0.15) is 0 Å². The van der Waals surface area contributed by atoms with Crippen LogP contribution in [0.1, 0.15) is 63.9 Å². The molecule has 0 unspecified atom stereocenters. The van der Waals surface area contributed by atoms with Gasteiger partial charge < -0.3 is 28.9 Å². The number of imidazole rings is 1. The first-order valence-corrected chi connectivity index (χ1v) is 16.2. The number of hydrogen-bond acceptors (Lipinski definition) is 7. The molecule has 0 atom stereocenters. The van der Waals surface area contributed by atoms with Crippen LogP contribution in [-0.4, -0.2) is 73.7 Å². The summed E-state index contributed by atoms with van der Waals surface area (Å²) in [5.74, 6) is 0.732. The van der Waals surface area contributed by atoms with E-state index in [2.05, 4.69) is 38.3 Å². The number of aryl methyl sites for hydroxylation is 1. The van der Waals surface area contributed by atoms with Crippen LogP contribution in [-0.2, 0) is 11.3 Å². The second-order valence-corrected chi connectivity index (χ2v) is 13.2. The average Bonchev–Trinajstić information content (AvgIpc) is 3.43. The Morgan fingerprint density at radius 2 is 1.60 bits per heavy atom. The summed E-state index contributed by atoms with van der Waals surface area (Å²) in [5, 5.41) is 0.207. The van der Waals surface area contributed by atoms with Gasteiger partial charge in [0.05, 0.1) is 12.0 Å². The van der Waals surface area contributed by atoms with Gasteiger partial charge in [-0.05, 0) is 93.8 Å². The van der Waals surface area contributed by atoms with Crippen molar-refractivity contribution in [1.29, 1.82) is 0 Å². The van der Waals surface area contributed by atoms with E-state index in [1.165, 1.54) is 24.3 Å². The summed E-state index contributed by atoms with van der Waals surface area (Å²) in [6, 6.07) is 12.7.